The molecule has 0 aliphatic heterocycles. The molecule has 4 nitrogen and oxygen atoms in total. The van der Waals surface area contributed by atoms with E-state index < -0.39 is 23.8 Å². The molecule has 2 N–H and O–H groups in total. The van der Waals surface area contributed by atoms with Gasteiger partial charge in [-0.2, -0.15) is 0 Å². The van der Waals surface area contributed by atoms with Crippen LogP contribution in [0.5, 0.6) is 0 Å². The first-order chi connectivity index (χ1) is 8.83. The highest BCUT2D eigenvalue weighted by Crippen LogP contribution is 2.18. The molecule has 0 aliphatic rings. The maximum atomic E-state index is 11.8. The van der Waals surface area contributed by atoms with Crippen molar-refractivity contribution >= 4 is 6.09 Å². The van der Waals surface area contributed by atoms with Crippen LogP contribution in [0.2, 0.25) is 0 Å². The summed E-state index contributed by atoms with van der Waals surface area (Å²) in [6, 6.07) is 8.63. The molecule has 0 heterocycles. The second-order valence-electron chi connectivity index (χ2n) is 5.26. The number of aliphatic hydroxyl groups excluding tert-OH is 1. The molecule has 1 rings (SSSR count). The molecule has 0 saturated heterocycles. The fourth-order valence-corrected chi connectivity index (χ4v) is 1.60. The number of carbonyl (C=O) groups excluding carboxylic acids is 1. The summed E-state index contributed by atoms with van der Waals surface area (Å²) < 4.78 is 5.19. The standard InChI is InChI=1S/C15H21NO3/c1-5-12(17)13(11-9-7-6-8-10-11)16-14(18)19-15(2,3)4/h5-10,12-13,17H,1H2,2-4H3,(H,16,18)/t12-,13+/m1/s1. The van der Waals surface area contributed by atoms with Crippen molar-refractivity contribution in [1.82, 2.24) is 5.32 Å². The van der Waals surface area contributed by atoms with E-state index in [2.05, 4.69) is 11.9 Å². The summed E-state index contributed by atoms with van der Waals surface area (Å²) >= 11 is 0. The fraction of sp³-hybridized carbons (Fsp3) is 0.400. The van der Waals surface area contributed by atoms with Crippen LogP contribution in [-0.2, 0) is 4.74 Å². The van der Waals surface area contributed by atoms with E-state index in [0.29, 0.717) is 0 Å². The summed E-state index contributed by atoms with van der Waals surface area (Å²) in [5, 5.41) is 12.6. The van der Waals surface area contributed by atoms with Gasteiger partial charge in [-0.1, -0.05) is 36.4 Å². The Bertz CT molecular complexity index is 423. The van der Waals surface area contributed by atoms with E-state index in [0.717, 1.165) is 5.56 Å². The highest BCUT2D eigenvalue weighted by molar-refractivity contribution is 5.68. The predicted molar refractivity (Wildman–Crippen MR) is 74.8 cm³/mol. The molecule has 0 unspecified atom stereocenters. The molecule has 0 spiro atoms. The van der Waals surface area contributed by atoms with Gasteiger partial charge in [-0.15, -0.1) is 6.58 Å². The number of aliphatic hydroxyl groups is 1. The molecule has 0 bridgehead atoms. The number of amides is 1. The van der Waals surface area contributed by atoms with E-state index in [1.165, 1.54) is 6.08 Å². The molecular formula is C15H21NO3. The summed E-state index contributed by atoms with van der Waals surface area (Å²) in [5.74, 6) is 0. The van der Waals surface area contributed by atoms with E-state index in [-0.39, 0.29) is 0 Å². The van der Waals surface area contributed by atoms with Crippen LogP contribution in [0.25, 0.3) is 0 Å². The minimum atomic E-state index is -0.880. The van der Waals surface area contributed by atoms with Gasteiger partial charge in [0.05, 0.1) is 12.1 Å². The summed E-state index contributed by atoms with van der Waals surface area (Å²) in [7, 11) is 0. The first-order valence-electron chi connectivity index (χ1n) is 6.18. The van der Waals surface area contributed by atoms with Crippen molar-refractivity contribution in [3.05, 3.63) is 48.6 Å². The van der Waals surface area contributed by atoms with Crippen molar-refractivity contribution in [3.8, 4) is 0 Å². The van der Waals surface area contributed by atoms with Gasteiger partial charge in [-0.3, -0.25) is 0 Å². The molecule has 1 aromatic rings. The third kappa shape index (κ3) is 5.14. The number of nitrogens with one attached hydrogen (secondary N) is 1. The van der Waals surface area contributed by atoms with Crippen LogP contribution in [0.3, 0.4) is 0 Å². The van der Waals surface area contributed by atoms with E-state index >= 15 is 0 Å². The number of carbonyl (C=O) groups is 1. The Morgan fingerprint density at radius 1 is 1.37 bits per heavy atom. The van der Waals surface area contributed by atoms with Crippen molar-refractivity contribution in [1.29, 1.82) is 0 Å². The van der Waals surface area contributed by atoms with Crippen molar-refractivity contribution in [2.75, 3.05) is 0 Å². The van der Waals surface area contributed by atoms with Crippen LogP contribution < -0.4 is 5.32 Å². The third-order valence-corrected chi connectivity index (χ3v) is 2.41. The topological polar surface area (TPSA) is 58.6 Å². The molecule has 19 heavy (non-hydrogen) atoms. The van der Waals surface area contributed by atoms with Gasteiger partial charge in [0.25, 0.3) is 0 Å². The lowest BCUT2D eigenvalue weighted by molar-refractivity contribution is 0.0454. The van der Waals surface area contributed by atoms with Gasteiger partial charge >= 0.3 is 6.09 Å². The Morgan fingerprint density at radius 2 is 1.95 bits per heavy atom. The lowest BCUT2D eigenvalue weighted by Gasteiger charge is -2.25. The Labute approximate surface area is 114 Å². The average Bonchev–Trinajstić information content (AvgIpc) is 2.34. The zero-order valence-corrected chi connectivity index (χ0v) is 11.6. The lowest BCUT2D eigenvalue weighted by atomic mass is 10.0. The summed E-state index contributed by atoms with van der Waals surface area (Å²) in [5.41, 5.74) is 0.213. The Kier molecular flexibility index (Phi) is 5.12. The van der Waals surface area contributed by atoms with Crippen LogP contribution >= 0.6 is 0 Å². The molecule has 0 radical (unpaired) electrons. The molecule has 1 aromatic carbocycles. The zero-order chi connectivity index (χ0) is 14.5. The maximum absolute atomic E-state index is 11.8. The maximum Gasteiger partial charge on any atom is 0.408 e. The van der Waals surface area contributed by atoms with Crippen molar-refractivity contribution < 1.29 is 14.6 Å². The minimum Gasteiger partial charge on any atom is -0.444 e. The Hall–Kier alpha value is -1.81. The second-order valence-corrected chi connectivity index (χ2v) is 5.26. The SMILES string of the molecule is C=C[C@@H](O)[C@@H](NC(=O)OC(C)(C)C)c1ccccc1. The minimum absolute atomic E-state index is 0.567. The summed E-state index contributed by atoms with van der Waals surface area (Å²) in [6.07, 6.45) is -0.0631. The zero-order valence-electron chi connectivity index (χ0n) is 11.6. The second kappa shape index (κ2) is 6.38. The highest BCUT2D eigenvalue weighted by atomic mass is 16.6. The van der Waals surface area contributed by atoms with Gasteiger partial charge < -0.3 is 15.2 Å². The molecule has 0 saturated carbocycles. The van der Waals surface area contributed by atoms with Crippen LogP contribution in [0, 0.1) is 0 Å². The average molecular weight is 263 g/mol. The quantitative estimate of drug-likeness (QED) is 0.821. The van der Waals surface area contributed by atoms with E-state index in [9.17, 15) is 9.90 Å². The van der Waals surface area contributed by atoms with Gasteiger partial charge in [0, 0.05) is 0 Å². The highest BCUT2D eigenvalue weighted by Gasteiger charge is 2.24. The normalized spacial score (nSPS) is 14.3. The fourth-order valence-electron chi connectivity index (χ4n) is 1.60. The first-order valence-corrected chi connectivity index (χ1v) is 6.18. The van der Waals surface area contributed by atoms with Gasteiger partial charge in [0.1, 0.15) is 5.60 Å². The molecule has 0 aliphatic carbocycles. The summed E-state index contributed by atoms with van der Waals surface area (Å²) in [4.78, 5) is 11.8. The number of ether oxygens (including phenoxy) is 1. The largest absolute Gasteiger partial charge is 0.444 e. The number of benzene rings is 1. The predicted octanol–water partition coefficient (Wildman–Crippen LogP) is 2.80. The monoisotopic (exact) mass is 263 g/mol. The van der Waals surface area contributed by atoms with Crippen molar-refractivity contribution in [2.45, 2.75) is 38.5 Å². The number of hydrogen-bond acceptors (Lipinski definition) is 3. The molecule has 0 aromatic heterocycles. The van der Waals surface area contributed by atoms with Gasteiger partial charge in [-0.05, 0) is 26.3 Å². The molecule has 0 fully saturated rings. The molecule has 1 amide bonds. The Balaban J connectivity index is 2.82. The van der Waals surface area contributed by atoms with Crippen molar-refractivity contribution in [3.63, 3.8) is 0 Å². The van der Waals surface area contributed by atoms with Crippen LogP contribution in [0.15, 0.2) is 43.0 Å². The third-order valence-electron chi connectivity index (χ3n) is 2.41. The van der Waals surface area contributed by atoms with Gasteiger partial charge in [-0.25, -0.2) is 4.79 Å². The lowest BCUT2D eigenvalue weighted by Crippen LogP contribution is -2.39. The molecule has 104 valence electrons. The van der Waals surface area contributed by atoms with Gasteiger partial charge in [0.15, 0.2) is 0 Å². The van der Waals surface area contributed by atoms with E-state index in [4.69, 9.17) is 4.74 Å². The molecular weight excluding hydrogens is 242 g/mol. The smallest absolute Gasteiger partial charge is 0.408 e. The molecule has 4 heteroatoms. The van der Waals surface area contributed by atoms with Crippen LogP contribution in [0.1, 0.15) is 32.4 Å². The molecule has 2 atom stereocenters. The Morgan fingerprint density at radius 3 is 2.42 bits per heavy atom. The van der Waals surface area contributed by atoms with E-state index in [1.807, 2.05) is 30.3 Å². The van der Waals surface area contributed by atoms with E-state index in [1.54, 1.807) is 20.8 Å². The number of hydrogen-bond donors (Lipinski definition) is 2. The first kappa shape index (κ1) is 15.2. The summed E-state index contributed by atoms with van der Waals surface area (Å²) in [6.45, 7) is 8.90. The van der Waals surface area contributed by atoms with Crippen molar-refractivity contribution in [2.24, 2.45) is 0 Å². The number of rotatable bonds is 4. The van der Waals surface area contributed by atoms with Crippen LogP contribution in [-0.4, -0.2) is 22.9 Å². The van der Waals surface area contributed by atoms with Gasteiger partial charge in [0.2, 0.25) is 0 Å². The van der Waals surface area contributed by atoms with Crippen LogP contribution in [0.4, 0.5) is 4.79 Å². The number of alkyl carbamates (subject to hydrolysis) is 1.